The molecule has 4 nitrogen and oxygen atoms in total. The van der Waals surface area contributed by atoms with Gasteiger partial charge in [-0.25, -0.2) is 0 Å². The number of rotatable bonds is 5. The number of hydrogen-bond acceptors (Lipinski definition) is 3. The molecule has 1 unspecified atom stereocenters. The topological polar surface area (TPSA) is 50.4 Å². The van der Waals surface area contributed by atoms with Crippen LogP contribution in [0.5, 0.6) is 5.75 Å². The standard InChI is InChI=1S/C14H16BrF3N2O2/c15-9-3-4-12(10(8-9)14(16,17)18)22-7-6-20-13(21)11-2-1-5-19-11/h3-4,8,11,19H,1-2,5-7H2,(H,20,21). The first kappa shape index (κ1) is 17.1. The Kier molecular flexibility index (Phi) is 5.69. The second-order valence-corrected chi connectivity index (χ2v) is 5.84. The first-order valence-electron chi connectivity index (χ1n) is 6.88. The van der Waals surface area contributed by atoms with Crippen LogP contribution >= 0.6 is 15.9 Å². The van der Waals surface area contributed by atoms with Gasteiger partial charge in [-0.2, -0.15) is 13.2 Å². The number of halogens is 4. The monoisotopic (exact) mass is 380 g/mol. The Balaban J connectivity index is 1.85. The smallest absolute Gasteiger partial charge is 0.420 e. The fraction of sp³-hybridized carbons (Fsp3) is 0.500. The normalized spacial score (nSPS) is 18.3. The Hall–Kier alpha value is -1.28. The van der Waals surface area contributed by atoms with E-state index in [0.29, 0.717) is 4.47 Å². The highest BCUT2D eigenvalue weighted by Gasteiger charge is 2.34. The van der Waals surface area contributed by atoms with E-state index in [2.05, 4.69) is 26.6 Å². The van der Waals surface area contributed by atoms with Gasteiger partial charge in [-0.3, -0.25) is 4.79 Å². The molecule has 0 bridgehead atoms. The van der Waals surface area contributed by atoms with Crippen LogP contribution in [0.25, 0.3) is 0 Å². The van der Waals surface area contributed by atoms with Crippen molar-refractivity contribution in [3.63, 3.8) is 0 Å². The third-order valence-electron chi connectivity index (χ3n) is 3.28. The Morgan fingerprint density at radius 3 is 2.86 bits per heavy atom. The average Bonchev–Trinajstić information content (AvgIpc) is 2.97. The Bertz CT molecular complexity index is 531. The molecule has 1 heterocycles. The number of carbonyl (C=O) groups excluding carboxylic acids is 1. The maximum Gasteiger partial charge on any atom is 0.420 e. The van der Waals surface area contributed by atoms with Gasteiger partial charge in [-0.15, -0.1) is 0 Å². The molecule has 1 aromatic rings. The molecule has 1 fully saturated rings. The van der Waals surface area contributed by atoms with Gasteiger partial charge in [0.2, 0.25) is 5.91 Å². The van der Waals surface area contributed by atoms with E-state index in [1.807, 2.05) is 0 Å². The number of alkyl halides is 3. The molecule has 1 aromatic carbocycles. The van der Waals surface area contributed by atoms with Crippen molar-refractivity contribution < 1.29 is 22.7 Å². The zero-order valence-corrected chi connectivity index (χ0v) is 13.3. The summed E-state index contributed by atoms with van der Waals surface area (Å²) in [5.41, 5.74) is -0.842. The molecule has 0 aliphatic carbocycles. The van der Waals surface area contributed by atoms with Crippen LogP contribution in [0.2, 0.25) is 0 Å². The van der Waals surface area contributed by atoms with Crippen LogP contribution in [0, 0.1) is 0 Å². The Labute approximate surface area is 134 Å². The third-order valence-corrected chi connectivity index (χ3v) is 3.78. The molecule has 2 N–H and O–H groups in total. The van der Waals surface area contributed by atoms with E-state index in [1.165, 1.54) is 12.1 Å². The molecule has 0 aromatic heterocycles. The van der Waals surface area contributed by atoms with Crippen molar-refractivity contribution in [3.05, 3.63) is 28.2 Å². The largest absolute Gasteiger partial charge is 0.491 e. The van der Waals surface area contributed by atoms with Gasteiger partial charge in [0, 0.05) is 4.47 Å². The fourth-order valence-electron chi connectivity index (χ4n) is 2.22. The van der Waals surface area contributed by atoms with Crippen LogP contribution in [0.3, 0.4) is 0 Å². The molecule has 0 saturated carbocycles. The Morgan fingerprint density at radius 2 is 2.23 bits per heavy atom. The average molecular weight is 381 g/mol. The van der Waals surface area contributed by atoms with Crippen molar-refractivity contribution in [1.29, 1.82) is 0 Å². The minimum absolute atomic E-state index is 0.0246. The summed E-state index contributed by atoms with van der Waals surface area (Å²) in [6.45, 7) is 0.940. The maximum absolute atomic E-state index is 12.9. The van der Waals surface area contributed by atoms with Gasteiger partial charge in [0.1, 0.15) is 12.4 Å². The maximum atomic E-state index is 12.9. The summed E-state index contributed by atoms with van der Waals surface area (Å²) in [5, 5.41) is 5.69. The lowest BCUT2D eigenvalue weighted by Gasteiger charge is -2.15. The first-order chi connectivity index (χ1) is 10.4. The quantitative estimate of drug-likeness (QED) is 0.772. The lowest BCUT2D eigenvalue weighted by Crippen LogP contribution is -2.41. The molecule has 1 amide bonds. The van der Waals surface area contributed by atoms with E-state index in [-0.39, 0.29) is 30.9 Å². The van der Waals surface area contributed by atoms with Gasteiger partial charge < -0.3 is 15.4 Å². The number of ether oxygens (including phenoxy) is 1. The highest BCUT2D eigenvalue weighted by Crippen LogP contribution is 2.37. The summed E-state index contributed by atoms with van der Waals surface area (Å²) >= 11 is 3.01. The minimum atomic E-state index is -4.49. The van der Waals surface area contributed by atoms with Gasteiger partial charge in [-0.1, -0.05) is 15.9 Å². The van der Waals surface area contributed by atoms with Crippen LogP contribution < -0.4 is 15.4 Å². The summed E-state index contributed by atoms with van der Waals surface area (Å²) in [6.07, 6.45) is -2.77. The molecule has 122 valence electrons. The van der Waals surface area contributed by atoms with Gasteiger partial charge in [0.05, 0.1) is 18.2 Å². The van der Waals surface area contributed by atoms with Crippen molar-refractivity contribution in [2.75, 3.05) is 19.7 Å². The molecule has 1 saturated heterocycles. The van der Waals surface area contributed by atoms with Gasteiger partial charge in [-0.05, 0) is 37.6 Å². The number of amides is 1. The lowest BCUT2D eigenvalue weighted by molar-refractivity contribution is -0.139. The summed E-state index contributed by atoms with van der Waals surface area (Å²) in [6, 6.07) is 3.49. The second kappa shape index (κ2) is 7.32. The minimum Gasteiger partial charge on any atom is -0.491 e. The number of benzene rings is 1. The molecule has 8 heteroatoms. The van der Waals surface area contributed by atoms with Crippen molar-refractivity contribution in [3.8, 4) is 5.75 Å². The van der Waals surface area contributed by atoms with Crippen molar-refractivity contribution in [1.82, 2.24) is 10.6 Å². The molecule has 0 radical (unpaired) electrons. The van der Waals surface area contributed by atoms with E-state index in [9.17, 15) is 18.0 Å². The fourth-order valence-corrected chi connectivity index (χ4v) is 2.58. The predicted molar refractivity (Wildman–Crippen MR) is 78.7 cm³/mol. The molecular formula is C14H16BrF3N2O2. The predicted octanol–water partition coefficient (Wildman–Crippen LogP) is 2.71. The zero-order valence-electron chi connectivity index (χ0n) is 11.7. The SMILES string of the molecule is O=C(NCCOc1ccc(Br)cc1C(F)(F)F)C1CCCN1. The number of hydrogen-bond donors (Lipinski definition) is 2. The summed E-state index contributed by atoms with van der Waals surface area (Å²) in [4.78, 5) is 11.7. The lowest BCUT2D eigenvalue weighted by atomic mass is 10.2. The van der Waals surface area contributed by atoms with Crippen molar-refractivity contribution in [2.45, 2.75) is 25.1 Å². The van der Waals surface area contributed by atoms with E-state index < -0.39 is 11.7 Å². The molecule has 1 atom stereocenters. The third kappa shape index (κ3) is 4.61. The van der Waals surface area contributed by atoms with Crippen molar-refractivity contribution >= 4 is 21.8 Å². The highest BCUT2D eigenvalue weighted by atomic mass is 79.9. The molecule has 1 aliphatic rings. The van der Waals surface area contributed by atoms with E-state index in [4.69, 9.17) is 4.74 Å². The van der Waals surface area contributed by atoms with Gasteiger partial charge in [0.25, 0.3) is 0 Å². The molecule has 22 heavy (non-hydrogen) atoms. The van der Waals surface area contributed by atoms with Crippen molar-refractivity contribution in [2.24, 2.45) is 0 Å². The summed E-state index contributed by atoms with van der Waals surface area (Å²) < 4.78 is 44.2. The Morgan fingerprint density at radius 1 is 1.45 bits per heavy atom. The van der Waals surface area contributed by atoms with Crippen LogP contribution in [0.4, 0.5) is 13.2 Å². The van der Waals surface area contributed by atoms with E-state index in [0.717, 1.165) is 25.5 Å². The van der Waals surface area contributed by atoms with E-state index in [1.54, 1.807) is 0 Å². The molecule has 0 spiro atoms. The van der Waals surface area contributed by atoms with E-state index >= 15 is 0 Å². The van der Waals surface area contributed by atoms with Crippen LogP contribution in [0.1, 0.15) is 18.4 Å². The molecular weight excluding hydrogens is 365 g/mol. The van der Waals surface area contributed by atoms with Gasteiger partial charge in [0.15, 0.2) is 0 Å². The second-order valence-electron chi connectivity index (χ2n) is 4.93. The van der Waals surface area contributed by atoms with Crippen LogP contribution in [-0.2, 0) is 11.0 Å². The summed E-state index contributed by atoms with van der Waals surface area (Å²) in [7, 11) is 0. The molecule has 1 aliphatic heterocycles. The van der Waals surface area contributed by atoms with Gasteiger partial charge >= 0.3 is 6.18 Å². The van der Waals surface area contributed by atoms with Crippen LogP contribution in [-0.4, -0.2) is 31.6 Å². The van der Waals surface area contributed by atoms with Crippen LogP contribution in [0.15, 0.2) is 22.7 Å². The number of nitrogens with one attached hydrogen (secondary N) is 2. The highest BCUT2D eigenvalue weighted by molar-refractivity contribution is 9.10. The number of carbonyl (C=O) groups is 1. The summed E-state index contributed by atoms with van der Waals surface area (Å²) in [5.74, 6) is -0.392. The zero-order chi connectivity index (χ0) is 16.2. The molecule has 2 rings (SSSR count). The first-order valence-corrected chi connectivity index (χ1v) is 7.68.